The Balaban J connectivity index is 2.11. The fourth-order valence-corrected chi connectivity index (χ4v) is 2.29. The third kappa shape index (κ3) is 2.46. The van der Waals surface area contributed by atoms with E-state index < -0.39 is 0 Å². The molecule has 1 saturated carbocycles. The number of rotatable bonds is 4. The van der Waals surface area contributed by atoms with Crippen LogP contribution >= 0.6 is 11.6 Å². The zero-order valence-electron chi connectivity index (χ0n) is 10.3. The average Bonchev–Trinajstić information content (AvgIpc) is 2.29. The minimum absolute atomic E-state index is 0.224. The van der Waals surface area contributed by atoms with Crippen LogP contribution in [0.3, 0.4) is 0 Å². The van der Waals surface area contributed by atoms with Gasteiger partial charge in [0.1, 0.15) is 5.02 Å². The molecule has 94 valence electrons. The first-order valence-electron chi connectivity index (χ1n) is 6.05. The molecule has 0 aromatic carbocycles. The number of hydrogen-bond acceptors (Lipinski definition) is 3. The van der Waals surface area contributed by atoms with Gasteiger partial charge in [-0.1, -0.05) is 24.9 Å². The summed E-state index contributed by atoms with van der Waals surface area (Å²) < 4.78 is 1.36. The molecule has 0 unspecified atom stereocenters. The third-order valence-corrected chi connectivity index (χ3v) is 3.92. The Kier molecular flexibility index (Phi) is 3.43. The van der Waals surface area contributed by atoms with E-state index in [4.69, 9.17) is 11.6 Å². The van der Waals surface area contributed by atoms with Crippen LogP contribution in [0, 0.1) is 5.41 Å². The molecule has 1 aliphatic carbocycles. The SMILES string of the molecule is CCn1ncc(NCC2(C)CCC2)c(Cl)c1=O. The van der Waals surface area contributed by atoms with Crippen LogP contribution in [0.4, 0.5) is 5.69 Å². The fraction of sp³-hybridized carbons (Fsp3) is 0.667. The van der Waals surface area contributed by atoms with Crippen molar-refractivity contribution in [2.45, 2.75) is 39.7 Å². The maximum Gasteiger partial charge on any atom is 0.287 e. The van der Waals surface area contributed by atoms with E-state index in [9.17, 15) is 4.79 Å². The topological polar surface area (TPSA) is 46.9 Å². The minimum atomic E-state index is -0.224. The van der Waals surface area contributed by atoms with Gasteiger partial charge in [-0.2, -0.15) is 5.10 Å². The molecule has 1 aromatic heterocycles. The van der Waals surface area contributed by atoms with Crippen molar-refractivity contribution in [3.63, 3.8) is 0 Å². The van der Waals surface area contributed by atoms with Crippen molar-refractivity contribution < 1.29 is 0 Å². The standard InChI is InChI=1S/C12H18ClN3O/c1-3-16-11(17)10(13)9(7-15-16)14-8-12(2)5-4-6-12/h7,14H,3-6,8H2,1-2H3. The van der Waals surface area contributed by atoms with Crippen molar-refractivity contribution in [3.05, 3.63) is 21.6 Å². The molecule has 0 bridgehead atoms. The molecular weight excluding hydrogens is 238 g/mol. The molecule has 0 aliphatic heterocycles. The van der Waals surface area contributed by atoms with Crippen LogP contribution in [0.15, 0.2) is 11.0 Å². The zero-order chi connectivity index (χ0) is 12.5. The maximum absolute atomic E-state index is 11.8. The lowest BCUT2D eigenvalue weighted by Gasteiger charge is -2.38. The van der Waals surface area contributed by atoms with Crippen molar-refractivity contribution in [2.75, 3.05) is 11.9 Å². The van der Waals surface area contributed by atoms with Gasteiger partial charge in [0.05, 0.1) is 11.9 Å². The second-order valence-corrected chi connectivity index (χ2v) is 5.39. The molecule has 1 aromatic rings. The predicted octanol–water partition coefficient (Wildman–Crippen LogP) is 2.52. The lowest BCUT2D eigenvalue weighted by atomic mass is 9.70. The highest BCUT2D eigenvalue weighted by Crippen LogP contribution is 2.40. The Hall–Kier alpha value is -1.03. The fourth-order valence-electron chi connectivity index (χ4n) is 2.08. The molecule has 1 aliphatic rings. The van der Waals surface area contributed by atoms with E-state index in [-0.39, 0.29) is 10.6 Å². The Morgan fingerprint density at radius 3 is 2.82 bits per heavy atom. The van der Waals surface area contributed by atoms with Gasteiger partial charge in [0.15, 0.2) is 0 Å². The van der Waals surface area contributed by atoms with Crippen LogP contribution in [-0.4, -0.2) is 16.3 Å². The summed E-state index contributed by atoms with van der Waals surface area (Å²) in [7, 11) is 0. The van der Waals surface area contributed by atoms with Crippen molar-refractivity contribution in [1.82, 2.24) is 9.78 Å². The Bertz CT molecular complexity index is 465. The van der Waals surface area contributed by atoms with Crippen molar-refractivity contribution in [1.29, 1.82) is 0 Å². The van der Waals surface area contributed by atoms with Gasteiger partial charge < -0.3 is 5.32 Å². The number of nitrogens with zero attached hydrogens (tertiary/aromatic N) is 2. The lowest BCUT2D eigenvalue weighted by molar-refractivity contribution is 0.180. The van der Waals surface area contributed by atoms with E-state index >= 15 is 0 Å². The summed E-state index contributed by atoms with van der Waals surface area (Å²) in [5, 5.41) is 7.54. The van der Waals surface area contributed by atoms with E-state index in [0.29, 0.717) is 17.6 Å². The van der Waals surface area contributed by atoms with E-state index in [1.54, 1.807) is 6.20 Å². The van der Waals surface area contributed by atoms with E-state index in [0.717, 1.165) is 6.54 Å². The molecule has 17 heavy (non-hydrogen) atoms. The van der Waals surface area contributed by atoms with Crippen LogP contribution in [0.1, 0.15) is 33.1 Å². The summed E-state index contributed by atoms with van der Waals surface area (Å²) in [5.74, 6) is 0. The Morgan fingerprint density at radius 2 is 2.29 bits per heavy atom. The smallest absolute Gasteiger partial charge is 0.287 e. The molecule has 2 rings (SSSR count). The summed E-state index contributed by atoms with van der Waals surface area (Å²) >= 11 is 6.03. The van der Waals surface area contributed by atoms with Crippen LogP contribution < -0.4 is 10.9 Å². The first-order chi connectivity index (χ1) is 8.06. The monoisotopic (exact) mass is 255 g/mol. The summed E-state index contributed by atoms with van der Waals surface area (Å²) in [5.41, 5.74) is 0.774. The maximum atomic E-state index is 11.8. The molecular formula is C12H18ClN3O. The average molecular weight is 256 g/mol. The van der Waals surface area contributed by atoms with Gasteiger partial charge in [-0.3, -0.25) is 4.79 Å². The molecule has 0 amide bonds. The number of anilines is 1. The number of aromatic nitrogens is 2. The number of hydrogen-bond donors (Lipinski definition) is 1. The highest BCUT2D eigenvalue weighted by Gasteiger charge is 2.31. The molecule has 0 atom stereocenters. The van der Waals surface area contributed by atoms with Crippen molar-refractivity contribution >= 4 is 17.3 Å². The highest BCUT2D eigenvalue weighted by atomic mass is 35.5. The van der Waals surface area contributed by atoms with Crippen LogP contribution in [0.2, 0.25) is 5.02 Å². The number of nitrogens with one attached hydrogen (secondary N) is 1. The van der Waals surface area contributed by atoms with E-state index in [1.165, 1.54) is 23.9 Å². The van der Waals surface area contributed by atoms with Crippen molar-refractivity contribution in [2.24, 2.45) is 5.41 Å². The molecule has 1 N–H and O–H groups in total. The molecule has 1 heterocycles. The molecule has 4 nitrogen and oxygen atoms in total. The molecule has 0 saturated heterocycles. The third-order valence-electron chi connectivity index (χ3n) is 3.55. The van der Waals surface area contributed by atoms with Crippen molar-refractivity contribution in [3.8, 4) is 0 Å². The van der Waals surface area contributed by atoms with Gasteiger partial charge in [0, 0.05) is 13.1 Å². The number of halogens is 1. The molecule has 0 spiro atoms. The van der Waals surface area contributed by atoms with Crippen LogP contribution in [-0.2, 0) is 6.54 Å². The van der Waals surface area contributed by atoms with E-state index in [2.05, 4.69) is 17.3 Å². The molecule has 0 radical (unpaired) electrons. The highest BCUT2D eigenvalue weighted by molar-refractivity contribution is 6.32. The van der Waals surface area contributed by atoms with Crippen LogP contribution in [0.25, 0.3) is 0 Å². The van der Waals surface area contributed by atoms with Crippen LogP contribution in [0.5, 0.6) is 0 Å². The van der Waals surface area contributed by atoms with Gasteiger partial charge in [-0.25, -0.2) is 4.68 Å². The van der Waals surface area contributed by atoms with E-state index in [1.807, 2.05) is 6.92 Å². The van der Waals surface area contributed by atoms with Gasteiger partial charge in [-0.15, -0.1) is 0 Å². The molecule has 1 fully saturated rings. The summed E-state index contributed by atoms with van der Waals surface area (Å²) in [6.07, 6.45) is 5.39. The normalized spacial score (nSPS) is 17.6. The summed E-state index contributed by atoms with van der Waals surface area (Å²) in [4.78, 5) is 11.8. The van der Waals surface area contributed by atoms with Gasteiger partial charge in [-0.05, 0) is 25.2 Å². The quantitative estimate of drug-likeness (QED) is 0.899. The largest absolute Gasteiger partial charge is 0.382 e. The van der Waals surface area contributed by atoms with Gasteiger partial charge >= 0.3 is 0 Å². The number of aryl methyl sites for hydroxylation is 1. The summed E-state index contributed by atoms with van der Waals surface area (Å²) in [6.45, 7) is 5.51. The Morgan fingerprint density at radius 1 is 1.59 bits per heavy atom. The Labute approximate surface area is 106 Å². The van der Waals surface area contributed by atoms with Gasteiger partial charge in [0.2, 0.25) is 0 Å². The molecule has 5 heteroatoms. The second-order valence-electron chi connectivity index (χ2n) is 5.01. The summed E-state index contributed by atoms with van der Waals surface area (Å²) in [6, 6.07) is 0. The van der Waals surface area contributed by atoms with Gasteiger partial charge in [0.25, 0.3) is 5.56 Å². The lowest BCUT2D eigenvalue weighted by Crippen LogP contribution is -2.34. The zero-order valence-corrected chi connectivity index (χ0v) is 11.0. The predicted molar refractivity (Wildman–Crippen MR) is 69.6 cm³/mol. The first kappa shape index (κ1) is 12.4. The second kappa shape index (κ2) is 4.69. The first-order valence-corrected chi connectivity index (χ1v) is 6.43. The minimum Gasteiger partial charge on any atom is -0.382 e.